The number of aliphatic hydroxyl groups is 1. The van der Waals surface area contributed by atoms with Crippen LogP contribution in [0.5, 0.6) is 5.75 Å². The zero-order chi connectivity index (χ0) is 27.0. The van der Waals surface area contributed by atoms with Crippen molar-refractivity contribution in [3.05, 3.63) is 64.8 Å². The molecule has 0 amide bonds. The molecule has 3 heterocycles. The third kappa shape index (κ3) is 5.85. The number of ether oxygens (including phenoxy) is 1. The summed E-state index contributed by atoms with van der Waals surface area (Å²) in [5.74, 6) is 1.09. The van der Waals surface area contributed by atoms with E-state index in [1.807, 2.05) is 25.1 Å². The van der Waals surface area contributed by atoms with Gasteiger partial charge in [0.15, 0.2) is 12.0 Å². The molecule has 1 aliphatic rings. The lowest BCUT2D eigenvalue weighted by Crippen LogP contribution is -2.59. The molecule has 38 heavy (non-hydrogen) atoms. The van der Waals surface area contributed by atoms with Crippen molar-refractivity contribution in [2.75, 3.05) is 19.6 Å². The van der Waals surface area contributed by atoms with E-state index in [1.165, 1.54) is 12.1 Å². The van der Waals surface area contributed by atoms with Crippen molar-refractivity contribution < 1.29 is 27.5 Å². The maximum absolute atomic E-state index is 12.8. The Kier molecular flexibility index (Phi) is 7.45. The van der Waals surface area contributed by atoms with Crippen LogP contribution in [-0.2, 0) is 12.7 Å². The maximum atomic E-state index is 12.8. The summed E-state index contributed by atoms with van der Waals surface area (Å²) >= 11 is 1.63. The fourth-order valence-corrected chi connectivity index (χ4v) is 5.63. The van der Waals surface area contributed by atoms with E-state index < -0.39 is 24.1 Å². The Morgan fingerprint density at radius 1 is 1.16 bits per heavy atom. The van der Waals surface area contributed by atoms with E-state index in [4.69, 9.17) is 9.26 Å². The number of alkyl halides is 3. The fraction of sp³-hybridized carbons (Fsp3) is 0.407. The molecule has 0 saturated carbocycles. The Morgan fingerprint density at radius 2 is 1.92 bits per heavy atom. The van der Waals surface area contributed by atoms with Gasteiger partial charge in [-0.25, -0.2) is 4.98 Å². The number of thiazole rings is 1. The normalized spacial score (nSPS) is 19.1. The number of nitrogens with zero attached hydrogens (tertiary/aromatic N) is 4. The first kappa shape index (κ1) is 26.6. The molecule has 2 aromatic heterocycles. The van der Waals surface area contributed by atoms with Crippen LogP contribution in [0.15, 0.2) is 53.1 Å². The minimum absolute atomic E-state index is 0.0925. The number of piperazine rings is 1. The zero-order valence-corrected chi connectivity index (χ0v) is 22.1. The van der Waals surface area contributed by atoms with E-state index in [-0.39, 0.29) is 6.04 Å². The Balaban J connectivity index is 1.21. The Hall–Kier alpha value is -2.99. The fourth-order valence-electron chi connectivity index (χ4n) is 4.82. The number of hydrogen-bond donors (Lipinski definition) is 1. The van der Waals surface area contributed by atoms with E-state index in [1.54, 1.807) is 24.3 Å². The predicted molar refractivity (Wildman–Crippen MR) is 139 cm³/mol. The summed E-state index contributed by atoms with van der Waals surface area (Å²) in [4.78, 5) is 8.93. The smallest absolute Gasteiger partial charge is 0.416 e. The third-order valence-corrected chi connectivity index (χ3v) is 7.62. The molecule has 3 atom stereocenters. The summed E-state index contributed by atoms with van der Waals surface area (Å²) in [6.45, 7) is 8.46. The molecule has 1 N–H and O–H groups in total. The van der Waals surface area contributed by atoms with Gasteiger partial charge >= 0.3 is 6.18 Å². The van der Waals surface area contributed by atoms with Gasteiger partial charge in [0.05, 0.1) is 26.5 Å². The van der Waals surface area contributed by atoms with E-state index >= 15 is 0 Å². The molecule has 7 nitrogen and oxygen atoms in total. The number of rotatable bonds is 7. The average molecular weight is 547 g/mol. The molecule has 11 heteroatoms. The van der Waals surface area contributed by atoms with Gasteiger partial charge in [-0.3, -0.25) is 9.80 Å². The molecule has 1 unspecified atom stereocenters. The van der Waals surface area contributed by atoms with Crippen LogP contribution in [0.25, 0.3) is 21.5 Å². The lowest BCUT2D eigenvalue weighted by Gasteiger charge is -2.44. The van der Waals surface area contributed by atoms with Gasteiger partial charge in [0, 0.05) is 49.9 Å². The molecule has 0 spiro atoms. The van der Waals surface area contributed by atoms with Crippen LogP contribution in [0, 0.1) is 6.92 Å². The lowest BCUT2D eigenvalue weighted by atomic mass is 10.1. The summed E-state index contributed by atoms with van der Waals surface area (Å²) in [7, 11) is 0. The minimum atomic E-state index is -4.38. The van der Waals surface area contributed by atoms with Gasteiger partial charge in [0.2, 0.25) is 0 Å². The van der Waals surface area contributed by atoms with Crippen molar-refractivity contribution >= 4 is 21.6 Å². The van der Waals surface area contributed by atoms with Crippen molar-refractivity contribution in [3.8, 4) is 17.1 Å². The SMILES string of the molecule is Cc1nc2cc(OC([C@@H](C)O)N3CCN(Cc4cc(-c5ccc(C(F)(F)F)cc5)on4)C[C@@H]3C)ccc2s1. The van der Waals surface area contributed by atoms with Gasteiger partial charge < -0.3 is 14.4 Å². The molecule has 1 saturated heterocycles. The molecule has 4 aromatic rings. The molecule has 202 valence electrons. The molecular weight excluding hydrogens is 517 g/mol. The summed E-state index contributed by atoms with van der Waals surface area (Å²) in [5.41, 5.74) is 1.43. The van der Waals surface area contributed by atoms with Gasteiger partial charge in [-0.2, -0.15) is 13.2 Å². The number of fused-ring (bicyclic) bond motifs is 1. The number of aliphatic hydroxyl groups excluding tert-OH is 1. The second-order valence-electron chi connectivity index (χ2n) is 9.69. The van der Waals surface area contributed by atoms with Crippen LogP contribution in [0.1, 0.15) is 30.1 Å². The quantitative estimate of drug-likeness (QED) is 0.325. The molecule has 5 rings (SSSR count). The highest BCUT2D eigenvalue weighted by atomic mass is 32.1. The highest BCUT2D eigenvalue weighted by molar-refractivity contribution is 7.18. The van der Waals surface area contributed by atoms with Gasteiger partial charge in [0.25, 0.3) is 0 Å². The Morgan fingerprint density at radius 3 is 2.61 bits per heavy atom. The number of aryl methyl sites for hydroxylation is 1. The summed E-state index contributed by atoms with van der Waals surface area (Å²) in [6, 6.07) is 12.5. The first-order valence-corrected chi connectivity index (χ1v) is 13.2. The van der Waals surface area contributed by atoms with Crippen LogP contribution >= 0.6 is 11.3 Å². The first-order valence-electron chi connectivity index (χ1n) is 12.4. The number of aromatic nitrogens is 2. The van der Waals surface area contributed by atoms with E-state index in [2.05, 4.69) is 26.9 Å². The largest absolute Gasteiger partial charge is 0.472 e. The number of hydrogen-bond acceptors (Lipinski definition) is 8. The van der Waals surface area contributed by atoms with Crippen LogP contribution in [0.4, 0.5) is 13.2 Å². The average Bonchev–Trinajstić information content (AvgIpc) is 3.47. The minimum Gasteiger partial charge on any atom is -0.472 e. The van der Waals surface area contributed by atoms with Crippen molar-refractivity contribution in [3.63, 3.8) is 0 Å². The van der Waals surface area contributed by atoms with Crippen LogP contribution in [0.2, 0.25) is 0 Å². The van der Waals surface area contributed by atoms with Crippen molar-refractivity contribution in [1.29, 1.82) is 0 Å². The predicted octanol–water partition coefficient (Wildman–Crippen LogP) is 5.57. The molecule has 1 fully saturated rings. The Labute approximate surface area is 222 Å². The van der Waals surface area contributed by atoms with Gasteiger partial charge in [-0.15, -0.1) is 11.3 Å². The van der Waals surface area contributed by atoms with Gasteiger partial charge in [-0.1, -0.05) is 17.3 Å². The topological polar surface area (TPSA) is 74.9 Å². The summed E-state index contributed by atoms with van der Waals surface area (Å²) in [6.07, 6.45) is -5.60. The van der Waals surface area contributed by atoms with Crippen LogP contribution in [-0.4, -0.2) is 63.1 Å². The first-order chi connectivity index (χ1) is 18.1. The second-order valence-corrected chi connectivity index (χ2v) is 10.9. The highest BCUT2D eigenvalue weighted by Crippen LogP contribution is 2.32. The number of halogens is 3. The summed E-state index contributed by atoms with van der Waals surface area (Å²) < 4.78 is 51.3. The van der Waals surface area contributed by atoms with Crippen LogP contribution < -0.4 is 4.74 Å². The monoisotopic (exact) mass is 546 g/mol. The van der Waals surface area contributed by atoms with E-state index in [0.717, 1.165) is 40.4 Å². The molecular formula is C27H29F3N4O3S. The van der Waals surface area contributed by atoms with Crippen molar-refractivity contribution in [2.24, 2.45) is 0 Å². The molecule has 2 aromatic carbocycles. The lowest BCUT2D eigenvalue weighted by molar-refractivity contribution is -0.137. The molecule has 0 bridgehead atoms. The van der Waals surface area contributed by atoms with Crippen molar-refractivity contribution in [1.82, 2.24) is 19.9 Å². The maximum Gasteiger partial charge on any atom is 0.416 e. The van der Waals surface area contributed by atoms with E-state index in [9.17, 15) is 18.3 Å². The van der Waals surface area contributed by atoms with Crippen molar-refractivity contribution in [2.45, 2.75) is 51.9 Å². The summed E-state index contributed by atoms with van der Waals surface area (Å²) in [5, 5.41) is 15.7. The second kappa shape index (κ2) is 10.6. The standard InChI is InChI=1S/C27H29F3N4O3S/c1-16-14-33(15-21-12-24(37-32-21)19-4-6-20(7-5-19)27(28,29)30)10-11-34(16)26(17(2)35)36-22-8-9-25-23(13-22)31-18(3)38-25/h4-9,12-13,16-17,26,35H,10-11,14-15H2,1-3H3/t16-,17+,26?/m0/s1. The molecule has 1 aliphatic heterocycles. The van der Waals surface area contributed by atoms with Gasteiger partial charge in [0.1, 0.15) is 11.9 Å². The Bertz CT molecular complexity index is 1390. The highest BCUT2D eigenvalue weighted by Gasteiger charge is 2.34. The van der Waals surface area contributed by atoms with E-state index in [0.29, 0.717) is 35.9 Å². The van der Waals surface area contributed by atoms with Gasteiger partial charge in [-0.05, 0) is 45.0 Å². The number of benzene rings is 2. The van der Waals surface area contributed by atoms with Crippen LogP contribution in [0.3, 0.4) is 0 Å². The molecule has 0 radical (unpaired) electrons. The zero-order valence-electron chi connectivity index (χ0n) is 21.3. The molecule has 0 aliphatic carbocycles. The third-order valence-electron chi connectivity index (χ3n) is 6.67.